The lowest BCUT2D eigenvalue weighted by Crippen LogP contribution is -2.28. The highest BCUT2D eigenvalue weighted by molar-refractivity contribution is 6.31. The zero-order valence-corrected chi connectivity index (χ0v) is 19.5. The fourth-order valence-corrected chi connectivity index (χ4v) is 3.79. The Bertz CT molecular complexity index is 1630. The summed E-state index contributed by atoms with van der Waals surface area (Å²) < 4.78 is 44.0. The molecule has 0 bridgehead atoms. The molecule has 0 amide bonds. The fourth-order valence-electron chi connectivity index (χ4n) is 3.61. The first-order chi connectivity index (χ1) is 18.0. The second-order valence-corrected chi connectivity index (χ2v) is 8.61. The molecule has 0 spiro atoms. The summed E-state index contributed by atoms with van der Waals surface area (Å²) in [5, 5.41) is 7.64. The van der Waals surface area contributed by atoms with Gasteiger partial charge < -0.3 is 10.1 Å². The van der Waals surface area contributed by atoms with Gasteiger partial charge in [-0.3, -0.25) is 4.68 Å². The van der Waals surface area contributed by atoms with Gasteiger partial charge in [-0.2, -0.15) is 5.10 Å². The van der Waals surface area contributed by atoms with Crippen LogP contribution in [0.2, 0.25) is 5.02 Å². The van der Waals surface area contributed by atoms with Crippen molar-refractivity contribution in [2.45, 2.75) is 19.4 Å². The number of ether oxygens (including phenoxy) is 1. The van der Waals surface area contributed by atoms with E-state index in [1.165, 1.54) is 36.9 Å². The van der Waals surface area contributed by atoms with Crippen LogP contribution in [0.5, 0.6) is 5.75 Å². The van der Waals surface area contributed by atoms with Crippen molar-refractivity contribution < 1.29 is 13.2 Å². The monoisotopic (exact) mass is 492 g/mol. The van der Waals surface area contributed by atoms with Crippen LogP contribution in [-0.2, 0) is 12.6 Å². The molecule has 0 saturated heterocycles. The van der Waals surface area contributed by atoms with Crippen molar-refractivity contribution in [1.29, 1.82) is 0 Å². The molecule has 0 unspecified atom stereocenters. The number of nitrogens with one attached hydrogen (secondary N) is 1. The van der Waals surface area contributed by atoms with E-state index in [0.29, 0.717) is 45.1 Å². The maximum atomic E-state index is 13.7. The molecule has 2 aromatic carbocycles. The highest BCUT2D eigenvalue weighted by Gasteiger charge is 2.28. The first-order valence-electron chi connectivity index (χ1n) is 12.0. The highest BCUT2D eigenvalue weighted by Crippen LogP contribution is 2.39. The normalized spacial score (nSPS) is 13.2. The van der Waals surface area contributed by atoms with E-state index in [2.05, 4.69) is 30.4 Å². The largest absolute Gasteiger partial charge is 0.479 e. The number of rotatable bonds is 6. The predicted octanol–water partition coefficient (Wildman–Crippen LogP) is 5.67. The third-order valence-electron chi connectivity index (χ3n) is 5.27. The number of aryl methyl sites for hydroxylation is 1. The summed E-state index contributed by atoms with van der Waals surface area (Å²) >= 11 is 5.97. The number of fused-ring (bicyclic) bond motifs is 1. The molecular formula is C25H21ClFN7O. The summed E-state index contributed by atoms with van der Waals surface area (Å²) in [4.78, 5) is 17.5. The summed E-state index contributed by atoms with van der Waals surface area (Å²) in [5.41, 5.74) is 1.23. The number of benzene rings is 2. The number of halogens is 2. The van der Waals surface area contributed by atoms with Gasteiger partial charge in [-0.15, -0.1) is 0 Å². The maximum absolute atomic E-state index is 13.7. The lowest BCUT2D eigenvalue weighted by molar-refractivity contribution is 0.101. The van der Waals surface area contributed by atoms with Crippen molar-refractivity contribution in [3.05, 3.63) is 84.2 Å². The average molecular weight is 493 g/mol. The molecule has 0 aliphatic carbocycles. The SMILES string of the molecule is [2H]C([2H])([2H])n1cc(-c2cc(OC(C)(C)c3ncccn3)c3c(Nc4ccc(F)c(Cl)c4)ncnc3c2)cn1. The molecule has 3 heterocycles. The van der Waals surface area contributed by atoms with Gasteiger partial charge in [-0.05, 0) is 55.8 Å². The van der Waals surface area contributed by atoms with Gasteiger partial charge in [-0.25, -0.2) is 24.3 Å². The van der Waals surface area contributed by atoms with Gasteiger partial charge in [0.05, 0.1) is 22.1 Å². The summed E-state index contributed by atoms with van der Waals surface area (Å²) in [6.45, 7) is 1.23. The first-order valence-corrected chi connectivity index (χ1v) is 10.9. The number of hydrogen-bond acceptors (Lipinski definition) is 7. The minimum absolute atomic E-state index is 0.0410. The van der Waals surface area contributed by atoms with E-state index in [0.717, 1.165) is 4.68 Å². The number of anilines is 2. The molecule has 0 aliphatic rings. The molecule has 176 valence electrons. The van der Waals surface area contributed by atoms with Crippen LogP contribution in [0.4, 0.5) is 15.9 Å². The minimum atomic E-state index is -2.42. The van der Waals surface area contributed by atoms with Crippen LogP contribution in [0.3, 0.4) is 0 Å². The zero-order valence-electron chi connectivity index (χ0n) is 21.7. The Kier molecular flexibility index (Phi) is 4.90. The van der Waals surface area contributed by atoms with Gasteiger partial charge in [-0.1, -0.05) is 11.6 Å². The molecule has 5 rings (SSSR count). The van der Waals surface area contributed by atoms with E-state index >= 15 is 0 Å². The van der Waals surface area contributed by atoms with Crippen molar-refractivity contribution in [2.75, 3.05) is 5.32 Å². The van der Waals surface area contributed by atoms with E-state index in [-0.39, 0.29) is 5.02 Å². The molecular weight excluding hydrogens is 469 g/mol. The van der Waals surface area contributed by atoms with Crippen molar-refractivity contribution in [1.82, 2.24) is 29.7 Å². The van der Waals surface area contributed by atoms with Gasteiger partial charge in [0.1, 0.15) is 23.7 Å². The molecule has 35 heavy (non-hydrogen) atoms. The summed E-state index contributed by atoms with van der Waals surface area (Å²) in [7, 11) is 0. The molecule has 5 aromatic rings. The number of nitrogens with zero attached hydrogens (tertiary/aromatic N) is 6. The van der Waals surface area contributed by atoms with Crippen molar-refractivity contribution in [3.8, 4) is 16.9 Å². The minimum Gasteiger partial charge on any atom is -0.479 e. The Balaban J connectivity index is 1.66. The molecule has 3 aromatic heterocycles. The van der Waals surface area contributed by atoms with Gasteiger partial charge in [0.25, 0.3) is 0 Å². The van der Waals surface area contributed by atoms with Gasteiger partial charge in [0, 0.05) is 40.9 Å². The van der Waals surface area contributed by atoms with E-state index in [1.54, 1.807) is 30.6 Å². The first kappa shape index (κ1) is 19.2. The standard InChI is InChI=1S/C25H21ClFN7O/c1-25(2,24-28-7-4-8-29-24)35-21-10-15(16-12-32-34(3)13-16)9-20-22(21)23(31-14-30-20)33-17-5-6-19(27)18(26)11-17/h4-14H,1-3H3,(H,30,31,33)/i3D3. The Morgan fingerprint density at radius 3 is 2.66 bits per heavy atom. The maximum Gasteiger partial charge on any atom is 0.171 e. The van der Waals surface area contributed by atoms with Gasteiger partial charge in [0.15, 0.2) is 11.4 Å². The van der Waals surface area contributed by atoms with Crippen LogP contribution < -0.4 is 10.1 Å². The number of hydrogen-bond donors (Lipinski definition) is 1. The third kappa shape index (κ3) is 4.63. The Hall–Kier alpha value is -4.11. The molecule has 0 atom stereocenters. The van der Waals surface area contributed by atoms with E-state index in [9.17, 15) is 4.39 Å². The summed E-state index contributed by atoms with van der Waals surface area (Å²) in [6.07, 6.45) is 7.52. The van der Waals surface area contributed by atoms with E-state index in [1.807, 2.05) is 13.8 Å². The molecule has 10 heteroatoms. The lowest BCUT2D eigenvalue weighted by Gasteiger charge is -2.26. The van der Waals surface area contributed by atoms with Crippen LogP contribution in [0.15, 0.2) is 67.5 Å². The fraction of sp³-hybridized carbons (Fsp3) is 0.160. The smallest absolute Gasteiger partial charge is 0.171 e. The summed E-state index contributed by atoms with van der Waals surface area (Å²) in [6, 6.07) is 9.48. The third-order valence-corrected chi connectivity index (χ3v) is 5.56. The highest BCUT2D eigenvalue weighted by atomic mass is 35.5. The van der Waals surface area contributed by atoms with Gasteiger partial charge in [0.2, 0.25) is 0 Å². The Labute approximate surface area is 210 Å². The van der Waals surface area contributed by atoms with Crippen molar-refractivity contribution in [3.63, 3.8) is 0 Å². The van der Waals surface area contributed by atoms with E-state index in [4.69, 9.17) is 20.5 Å². The molecule has 0 fully saturated rings. The number of aromatic nitrogens is 6. The second kappa shape index (κ2) is 8.92. The average Bonchev–Trinajstić information content (AvgIpc) is 3.38. The molecule has 0 saturated carbocycles. The van der Waals surface area contributed by atoms with Crippen molar-refractivity contribution >= 4 is 34.0 Å². The Morgan fingerprint density at radius 2 is 1.91 bits per heavy atom. The van der Waals surface area contributed by atoms with Gasteiger partial charge >= 0.3 is 0 Å². The van der Waals surface area contributed by atoms with Crippen LogP contribution in [-0.4, -0.2) is 29.7 Å². The topological polar surface area (TPSA) is 90.6 Å². The van der Waals surface area contributed by atoms with Crippen LogP contribution in [0, 0.1) is 5.82 Å². The lowest BCUT2D eigenvalue weighted by atomic mass is 10.0. The quantitative estimate of drug-likeness (QED) is 0.326. The zero-order chi connectivity index (χ0) is 27.1. The van der Waals surface area contributed by atoms with Crippen LogP contribution in [0.1, 0.15) is 23.8 Å². The molecule has 1 N–H and O–H groups in total. The second-order valence-electron chi connectivity index (χ2n) is 8.20. The van der Waals surface area contributed by atoms with Crippen molar-refractivity contribution in [2.24, 2.45) is 6.98 Å². The van der Waals surface area contributed by atoms with Crippen LogP contribution in [0.25, 0.3) is 22.0 Å². The van der Waals surface area contributed by atoms with Crippen LogP contribution >= 0.6 is 11.6 Å². The molecule has 0 aliphatic heterocycles. The summed E-state index contributed by atoms with van der Waals surface area (Å²) in [5.74, 6) is 0.682. The predicted molar refractivity (Wildman–Crippen MR) is 132 cm³/mol. The molecule has 8 nitrogen and oxygen atoms in total. The van der Waals surface area contributed by atoms with E-state index < -0.39 is 18.4 Å². The molecule has 0 radical (unpaired) electrons. The Morgan fingerprint density at radius 1 is 1.09 bits per heavy atom.